The Balaban J connectivity index is 0.00000420. The number of halogens is 1. The van der Waals surface area contributed by atoms with E-state index in [4.69, 9.17) is 0 Å². The second kappa shape index (κ2) is 16.2. The van der Waals surface area contributed by atoms with E-state index in [0.717, 1.165) is 70.3 Å². The largest absolute Gasteiger partial charge is 0.357 e. The van der Waals surface area contributed by atoms with Gasteiger partial charge < -0.3 is 20.4 Å². The minimum Gasteiger partial charge on any atom is -0.357 e. The summed E-state index contributed by atoms with van der Waals surface area (Å²) in [4.78, 5) is 21.4. The Labute approximate surface area is 195 Å². The topological polar surface area (TPSA) is 60.0 Å². The van der Waals surface area contributed by atoms with E-state index in [9.17, 15) is 4.79 Å². The molecule has 2 fully saturated rings. The smallest absolute Gasteiger partial charge is 0.222 e. The zero-order chi connectivity index (χ0) is 20.0. The maximum absolute atomic E-state index is 12.0. The molecule has 0 aliphatic carbocycles. The molecule has 2 heterocycles. The number of amides is 1. The fraction of sp³-hybridized carbons (Fsp3) is 0.909. The molecule has 0 aromatic carbocycles. The quantitative estimate of drug-likeness (QED) is 0.200. The number of likely N-dealkylation sites (tertiary alicyclic amines) is 2. The predicted octanol–water partition coefficient (Wildman–Crippen LogP) is 3.46. The molecule has 6 nitrogen and oxygen atoms in total. The van der Waals surface area contributed by atoms with Crippen molar-refractivity contribution in [3.63, 3.8) is 0 Å². The Morgan fingerprint density at radius 2 is 1.83 bits per heavy atom. The Hall–Kier alpha value is -0.570. The van der Waals surface area contributed by atoms with Crippen LogP contribution in [0.3, 0.4) is 0 Å². The van der Waals surface area contributed by atoms with Crippen LogP contribution in [0.2, 0.25) is 0 Å². The first-order valence-corrected chi connectivity index (χ1v) is 11.7. The van der Waals surface area contributed by atoms with Gasteiger partial charge in [-0.15, -0.1) is 24.0 Å². The van der Waals surface area contributed by atoms with Gasteiger partial charge in [0.2, 0.25) is 5.91 Å². The van der Waals surface area contributed by atoms with Crippen molar-refractivity contribution in [1.82, 2.24) is 20.4 Å². The number of rotatable bonds is 10. The molecule has 2 N–H and O–H groups in total. The first-order chi connectivity index (χ1) is 13.7. The average Bonchev–Trinajstić information content (AvgIpc) is 2.90. The molecule has 0 aromatic rings. The minimum atomic E-state index is 0. The van der Waals surface area contributed by atoms with Gasteiger partial charge in [0.25, 0.3) is 0 Å². The average molecular weight is 522 g/mol. The third-order valence-corrected chi connectivity index (χ3v) is 5.94. The summed E-state index contributed by atoms with van der Waals surface area (Å²) >= 11 is 0. The van der Waals surface area contributed by atoms with Crippen molar-refractivity contribution in [3.05, 3.63) is 0 Å². The number of piperidine rings is 1. The summed E-state index contributed by atoms with van der Waals surface area (Å²) in [6.07, 6.45) is 10.2. The highest BCUT2D eigenvalue weighted by molar-refractivity contribution is 14.0. The summed E-state index contributed by atoms with van der Waals surface area (Å²) in [6.45, 7) is 12.6. The van der Waals surface area contributed by atoms with Crippen LogP contribution in [0.25, 0.3) is 0 Å². The van der Waals surface area contributed by atoms with Crippen LogP contribution >= 0.6 is 24.0 Å². The van der Waals surface area contributed by atoms with E-state index in [1.165, 1.54) is 51.7 Å². The minimum absolute atomic E-state index is 0. The summed E-state index contributed by atoms with van der Waals surface area (Å²) in [5, 5.41) is 6.80. The van der Waals surface area contributed by atoms with Crippen LogP contribution in [0.4, 0.5) is 0 Å². The van der Waals surface area contributed by atoms with Gasteiger partial charge in [-0.05, 0) is 77.4 Å². The SMILES string of the molecule is CCNC(=NCCCN1CCCCCC1=O)NCCCCN1CCC(C)CC1.I. The third kappa shape index (κ3) is 11.4. The summed E-state index contributed by atoms with van der Waals surface area (Å²) in [6, 6.07) is 0. The normalized spacial score (nSPS) is 19.6. The number of guanidine groups is 1. The van der Waals surface area contributed by atoms with Crippen LogP contribution in [0.5, 0.6) is 0 Å². The highest BCUT2D eigenvalue weighted by Gasteiger charge is 2.16. The van der Waals surface area contributed by atoms with Gasteiger partial charge in [0.1, 0.15) is 0 Å². The molecule has 0 aromatic heterocycles. The van der Waals surface area contributed by atoms with E-state index < -0.39 is 0 Å². The first-order valence-electron chi connectivity index (χ1n) is 11.7. The highest BCUT2D eigenvalue weighted by atomic mass is 127. The number of aliphatic imine (C=N–C) groups is 1. The Morgan fingerprint density at radius 3 is 2.59 bits per heavy atom. The van der Waals surface area contributed by atoms with Crippen LogP contribution < -0.4 is 10.6 Å². The molecular formula is C22H44IN5O. The van der Waals surface area contributed by atoms with Gasteiger partial charge in [0.15, 0.2) is 5.96 Å². The molecule has 2 rings (SSSR count). The zero-order valence-corrected chi connectivity index (χ0v) is 21.1. The maximum Gasteiger partial charge on any atom is 0.222 e. The lowest BCUT2D eigenvalue weighted by molar-refractivity contribution is -0.130. The van der Waals surface area contributed by atoms with Crippen LogP contribution in [0, 0.1) is 5.92 Å². The molecule has 170 valence electrons. The molecule has 1 amide bonds. The lowest BCUT2D eigenvalue weighted by Gasteiger charge is -2.30. The van der Waals surface area contributed by atoms with Gasteiger partial charge >= 0.3 is 0 Å². The predicted molar refractivity (Wildman–Crippen MR) is 133 cm³/mol. The molecule has 0 radical (unpaired) electrons. The lowest BCUT2D eigenvalue weighted by atomic mass is 9.99. The van der Waals surface area contributed by atoms with Crippen LogP contribution in [0.1, 0.15) is 71.6 Å². The fourth-order valence-electron chi connectivity index (χ4n) is 4.02. The molecule has 2 aliphatic heterocycles. The van der Waals surface area contributed by atoms with Gasteiger partial charge in [-0.25, -0.2) is 0 Å². The van der Waals surface area contributed by atoms with E-state index in [2.05, 4.69) is 34.4 Å². The van der Waals surface area contributed by atoms with Crippen molar-refractivity contribution in [3.8, 4) is 0 Å². The number of hydrogen-bond donors (Lipinski definition) is 2. The number of carbonyl (C=O) groups excluding carboxylic acids is 1. The Morgan fingerprint density at radius 1 is 1.03 bits per heavy atom. The Kier molecular flexibility index (Phi) is 14.8. The van der Waals surface area contributed by atoms with E-state index in [0.29, 0.717) is 5.91 Å². The van der Waals surface area contributed by atoms with Gasteiger partial charge in [-0.1, -0.05) is 13.3 Å². The molecule has 7 heteroatoms. The van der Waals surface area contributed by atoms with Crippen LogP contribution in [0.15, 0.2) is 4.99 Å². The number of unbranched alkanes of at least 4 members (excludes halogenated alkanes) is 1. The Bertz CT molecular complexity index is 466. The highest BCUT2D eigenvalue weighted by Crippen LogP contribution is 2.16. The van der Waals surface area contributed by atoms with Gasteiger partial charge in [-0.3, -0.25) is 9.79 Å². The van der Waals surface area contributed by atoms with Crippen molar-refractivity contribution in [1.29, 1.82) is 0 Å². The van der Waals surface area contributed by atoms with Gasteiger partial charge in [-0.2, -0.15) is 0 Å². The molecule has 0 unspecified atom stereocenters. The molecule has 0 atom stereocenters. The fourth-order valence-corrected chi connectivity index (χ4v) is 4.02. The molecule has 29 heavy (non-hydrogen) atoms. The first kappa shape index (κ1) is 26.5. The van der Waals surface area contributed by atoms with E-state index in [1.807, 2.05) is 4.90 Å². The molecule has 2 aliphatic rings. The van der Waals surface area contributed by atoms with Crippen molar-refractivity contribution in [2.45, 2.75) is 71.6 Å². The summed E-state index contributed by atoms with van der Waals surface area (Å²) in [7, 11) is 0. The van der Waals surface area contributed by atoms with Gasteiger partial charge in [0, 0.05) is 39.1 Å². The summed E-state index contributed by atoms with van der Waals surface area (Å²) < 4.78 is 0. The molecule has 2 saturated heterocycles. The number of hydrogen-bond acceptors (Lipinski definition) is 3. The van der Waals surface area contributed by atoms with Crippen molar-refractivity contribution < 1.29 is 4.79 Å². The molecule has 0 spiro atoms. The maximum atomic E-state index is 12.0. The van der Waals surface area contributed by atoms with E-state index >= 15 is 0 Å². The van der Waals surface area contributed by atoms with Crippen LogP contribution in [-0.2, 0) is 4.79 Å². The standard InChI is InChI=1S/C22H43N5O.HI/c1-3-23-22(24-13-6-8-15-26-18-11-20(2)12-19-26)25-14-9-17-27-16-7-4-5-10-21(27)28;/h20H,3-19H2,1-2H3,(H2,23,24,25);1H. The number of carbonyl (C=O) groups is 1. The molecular weight excluding hydrogens is 477 g/mol. The van der Waals surface area contributed by atoms with Crippen molar-refractivity contribution >= 4 is 35.8 Å². The summed E-state index contributed by atoms with van der Waals surface area (Å²) in [5.41, 5.74) is 0. The van der Waals surface area contributed by atoms with E-state index in [1.54, 1.807) is 0 Å². The number of nitrogens with one attached hydrogen (secondary N) is 2. The molecule has 0 saturated carbocycles. The monoisotopic (exact) mass is 521 g/mol. The van der Waals surface area contributed by atoms with Crippen LogP contribution in [-0.4, -0.2) is 74.0 Å². The zero-order valence-electron chi connectivity index (χ0n) is 18.8. The third-order valence-electron chi connectivity index (χ3n) is 5.94. The van der Waals surface area contributed by atoms with Crippen molar-refractivity contribution in [2.24, 2.45) is 10.9 Å². The summed E-state index contributed by atoms with van der Waals surface area (Å²) in [5.74, 6) is 2.15. The van der Waals surface area contributed by atoms with Crippen molar-refractivity contribution in [2.75, 3.05) is 52.4 Å². The number of nitrogens with zero attached hydrogens (tertiary/aromatic N) is 3. The second-order valence-electron chi connectivity index (χ2n) is 8.46. The second-order valence-corrected chi connectivity index (χ2v) is 8.46. The molecule has 0 bridgehead atoms. The lowest BCUT2D eigenvalue weighted by Crippen LogP contribution is -2.38. The van der Waals surface area contributed by atoms with E-state index in [-0.39, 0.29) is 24.0 Å². The van der Waals surface area contributed by atoms with Gasteiger partial charge in [0.05, 0.1) is 0 Å².